The molecule has 2 aliphatic carbocycles. The Morgan fingerprint density at radius 2 is 1.16 bits per heavy atom. The Morgan fingerprint density at radius 1 is 0.676 bits per heavy atom. The summed E-state index contributed by atoms with van der Waals surface area (Å²) in [6.07, 6.45) is 10.9. The van der Waals surface area contributed by atoms with Gasteiger partial charge < -0.3 is 10.2 Å². The molecule has 0 aromatic heterocycles. The molecule has 37 heavy (non-hydrogen) atoms. The first-order chi connectivity index (χ1) is 17.9. The number of aromatic hydroxyl groups is 2. The summed E-state index contributed by atoms with van der Waals surface area (Å²) in [6.45, 7) is 0. The molecule has 1 heterocycles. The highest BCUT2D eigenvalue weighted by molar-refractivity contribution is 7.87. The Kier molecular flexibility index (Phi) is 6.28. The van der Waals surface area contributed by atoms with Gasteiger partial charge in [0.2, 0.25) is 0 Å². The summed E-state index contributed by atoms with van der Waals surface area (Å²) >= 11 is 0. The Labute approximate surface area is 219 Å². The van der Waals surface area contributed by atoms with Crippen molar-refractivity contribution in [2.45, 2.75) is 86.5 Å². The van der Waals surface area contributed by atoms with Crippen molar-refractivity contribution >= 4 is 10.1 Å². The summed E-state index contributed by atoms with van der Waals surface area (Å²) in [5.41, 5.74) is 2.24. The molecule has 0 spiro atoms. The highest BCUT2D eigenvalue weighted by atomic mass is 32.2. The van der Waals surface area contributed by atoms with Crippen LogP contribution in [0.3, 0.4) is 0 Å². The molecule has 0 amide bonds. The van der Waals surface area contributed by atoms with Crippen LogP contribution in [0.4, 0.5) is 0 Å². The largest absolute Gasteiger partial charge is 0.508 e. The molecule has 0 radical (unpaired) electrons. The lowest BCUT2D eigenvalue weighted by molar-refractivity contribution is 0.179. The maximum Gasteiger partial charge on any atom is 0.298 e. The number of rotatable bonds is 4. The molecule has 2 saturated carbocycles. The Balaban J connectivity index is 1.58. The monoisotopic (exact) mass is 518 g/mol. The number of phenols is 2. The van der Waals surface area contributed by atoms with E-state index in [4.69, 9.17) is 4.18 Å². The molecule has 1 aliphatic heterocycles. The minimum atomic E-state index is -4.03. The van der Waals surface area contributed by atoms with Crippen molar-refractivity contribution in [3.8, 4) is 11.5 Å². The van der Waals surface area contributed by atoms with Crippen LogP contribution in [0.25, 0.3) is 0 Å². The number of hydrogen-bond acceptors (Lipinski definition) is 5. The maximum absolute atomic E-state index is 13.4. The van der Waals surface area contributed by atoms with E-state index < -0.39 is 15.7 Å². The van der Waals surface area contributed by atoms with Crippen molar-refractivity contribution < 1.29 is 22.8 Å². The van der Waals surface area contributed by atoms with Crippen molar-refractivity contribution in [1.29, 1.82) is 0 Å². The van der Waals surface area contributed by atoms with Crippen molar-refractivity contribution in [2.24, 2.45) is 0 Å². The molecule has 3 aromatic rings. The molecular formula is C31H34O5S. The molecule has 6 rings (SSSR count). The predicted octanol–water partition coefficient (Wildman–Crippen LogP) is 7.20. The summed E-state index contributed by atoms with van der Waals surface area (Å²) in [5.74, 6) is 0.954. The van der Waals surface area contributed by atoms with E-state index in [1.54, 1.807) is 36.4 Å². The summed E-state index contributed by atoms with van der Waals surface area (Å²) in [5, 5.41) is 21.7. The lowest BCUT2D eigenvalue weighted by Crippen LogP contribution is -2.30. The zero-order valence-corrected chi connectivity index (χ0v) is 21.8. The van der Waals surface area contributed by atoms with E-state index in [0.29, 0.717) is 16.7 Å². The summed E-state index contributed by atoms with van der Waals surface area (Å²) < 4.78 is 33.0. The standard InChI is InChI=1S/C31H34O5S/c32-28-17-15-23(19-25(28)21-9-3-1-4-10-21)31(27-13-7-8-14-30(27)37(34,35)36-31)24-16-18-29(33)26(20-24)22-11-5-2-6-12-22/h7-8,13-22,32-33H,1-6,9-12H2. The van der Waals surface area contributed by atoms with Crippen LogP contribution in [-0.2, 0) is 19.9 Å². The van der Waals surface area contributed by atoms with Gasteiger partial charge in [0.25, 0.3) is 10.1 Å². The van der Waals surface area contributed by atoms with Gasteiger partial charge in [0.05, 0.1) is 0 Å². The van der Waals surface area contributed by atoms with E-state index in [0.717, 1.165) is 62.5 Å². The zero-order chi connectivity index (χ0) is 25.6. The van der Waals surface area contributed by atoms with Gasteiger partial charge in [-0.05, 0) is 90.1 Å². The van der Waals surface area contributed by atoms with Crippen molar-refractivity contribution in [3.05, 3.63) is 88.5 Å². The van der Waals surface area contributed by atoms with Crippen LogP contribution in [0, 0.1) is 0 Å². The Hall–Kier alpha value is -2.83. The molecule has 3 aromatic carbocycles. The topological polar surface area (TPSA) is 83.8 Å². The van der Waals surface area contributed by atoms with Crippen molar-refractivity contribution in [1.82, 2.24) is 0 Å². The number of fused-ring (bicyclic) bond motifs is 1. The molecular weight excluding hydrogens is 484 g/mol. The highest BCUT2D eigenvalue weighted by Gasteiger charge is 2.51. The van der Waals surface area contributed by atoms with Gasteiger partial charge in [-0.3, -0.25) is 0 Å². The smallest absolute Gasteiger partial charge is 0.298 e. The third kappa shape index (κ3) is 4.15. The van der Waals surface area contributed by atoms with Crippen LogP contribution in [0.2, 0.25) is 0 Å². The minimum Gasteiger partial charge on any atom is -0.508 e. The quantitative estimate of drug-likeness (QED) is 0.357. The van der Waals surface area contributed by atoms with Gasteiger partial charge in [0.1, 0.15) is 16.4 Å². The SMILES string of the molecule is O=S1(=O)OC(c2ccc(O)c(C3CCCCC3)c2)(c2ccc(O)c(C3CCCCC3)c2)c2ccccc21. The lowest BCUT2D eigenvalue weighted by atomic mass is 9.75. The number of benzene rings is 3. The average molecular weight is 519 g/mol. The molecule has 2 N–H and O–H groups in total. The van der Waals surface area contributed by atoms with Gasteiger partial charge in [-0.15, -0.1) is 0 Å². The van der Waals surface area contributed by atoms with Crippen LogP contribution >= 0.6 is 0 Å². The second-order valence-corrected chi connectivity index (χ2v) is 12.4. The molecule has 5 nitrogen and oxygen atoms in total. The van der Waals surface area contributed by atoms with Crippen molar-refractivity contribution in [3.63, 3.8) is 0 Å². The Bertz CT molecular complexity index is 1350. The molecule has 0 atom stereocenters. The van der Waals surface area contributed by atoms with Gasteiger partial charge in [-0.25, -0.2) is 4.18 Å². The van der Waals surface area contributed by atoms with Crippen LogP contribution in [-0.4, -0.2) is 18.6 Å². The molecule has 194 valence electrons. The lowest BCUT2D eigenvalue weighted by Gasteiger charge is -2.32. The van der Waals surface area contributed by atoms with Crippen LogP contribution in [0.1, 0.15) is 104 Å². The van der Waals surface area contributed by atoms with Gasteiger partial charge in [-0.2, -0.15) is 8.42 Å². The van der Waals surface area contributed by atoms with E-state index in [-0.39, 0.29) is 28.2 Å². The van der Waals surface area contributed by atoms with Gasteiger partial charge in [0.15, 0.2) is 5.60 Å². The molecule has 0 bridgehead atoms. The van der Waals surface area contributed by atoms with Crippen LogP contribution in [0.5, 0.6) is 11.5 Å². The first-order valence-electron chi connectivity index (χ1n) is 13.6. The molecule has 6 heteroatoms. The Morgan fingerprint density at radius 3 is 1.68 bits per heavy atom. The fraction of sp³-hybridized carbons (Fsp3) is 0.419. The first kappa shape index (κ1) is 24.5. The summed E-state index contributed by atoms with van der Waals surface area (Å²) in [4.78, 5) is 0.162. The van der Waals surface area contributed by atoms with Crippen molar-refractivity contribution in [2.75, 3.05) is 0 Å². The second-order valence-electron chi connectivity index (χ2n) is 10.9. The normalized spacial score (nSPS) is 21.5. The van der Waals surface area contributed by atoms with Gasteiger partial charge in [-0.1, -0.05) is 68.9 Å². The van der Waals surface area contributed by atoms with Crippen LogP contribution < -0.4 is 0 Å². The molecule has 3 aliphatic rings. The third-order valence-electron chi connectivity index (χ3n) is 8.73. The zero-order valence-electron chi connectivity index (χ0n) is 21.0. The van der Waals surface area contributed by atoms with E-state index in [1.165, 1.54) is 12.8 Å². The second kappa shape index (κ2) is 9.48. The van der Waals surface area contributed by atoms with E-state index >= 15 is 0 Å². The van der Waals surface area contributed by atoms with Crippen LogP contribution in [0.15, 0.2) is 65.6 Å². The van der Waals surface area contributed by atoms with Gasteiger partial charge >= 0.3 is 0 Å². The predicted molar refractivity (Wildman–Crippen MR) is 142 cm³/mol. The number of hydrogen-bond donors (Lipinski definition) is 2. The molecule has 0 saturated heterocycles. The summed E-state index contributed by atoms with van der Waals surface area (Å²) in [7, 11) is -4.03. The van der Waals surface area contributed by atoms with E-state index in [2.05, 4.69) is 0 Å². The van der Waals surface area contributed by atoms with Gasteiger partial charge in [0, 0.05) is 5.56 Å². The summed E-state index contributed by atoms with van der Waals surface area (Å²) in [6, 6.07) is 17.8. The third-order valence-corrected chi connectivity index (χ3v) is 10.1. The molecule has 0 unspecified atom stereocenters. The maximum atomic E-state index is 13.4. The minimum absolute atomic E-state index is 0.162. The average Bonchev–Trinajstić information content (AvgIpc) is 3.18. The highest BCUT2D eigenvalue weighted by Crippen LogP contribution is 2.53. The van der Waals surface area contributed by atoms with E-state index in [1.807, 2.05) is 24.3 Å². The first-order valence-corrected chi connectivity index (χ1v) is 15.0. The fourth-order valence-corrected chi connectivity index (χ4v) is 8.26. The molecule has 2 fully saturated rings. The van der Waals surface area contributed by atoms with E-state index in [9.17, 15) is 18.6 Å². The number of phenolic OH excluding ortho intramolecular Hbond substituents is 2. The fourth-order valence-electron chi connectivity index (χ4n) is 6.83.